The van der Waals surface area contributed by atoms with Gasteiger partial charge in [0, 0.05) is 11.5 Å². The maximum atomic E-state index is 3.58. The molecule has 1 nitrogen and oxygen atoms in total. The van der Waals surface area contributed by atoms with Crippen LogP contribution in [-0.2, 0) is 5.41 Å². The average molecular weight is 227 g/mol. The molecule has 1 N–H and O–H groups in total. The van der Waals surface area contributed by atoms with E-state index in [-0.39, 0.29) is 0 Å². The summed E-state index contributed by atoms with van der Waals surface area (Å²) in [5.41, 5.74) is 3.56. The molecule has 2 aliphatic carbocycles. The second-order valence-electron chi connectivity index (χ2n) is 5.42. The standard InChI is InChI=1S/C16H21N/c1-17-15(13-7-5-6-8-13)16(11-12-16)14-9-3-2-4-10-14/h2-4,7,9-10,15,17H,5-6,8,11-12H2,1H3. The van der Waals surface area contributed by atoms with Crippen molar-refractivity contribution in [2.45, 2.75) is 43.6 Å². The Kier molecular flexibility index (Phi) is 2.79. The van der Waals surface area contributed by atoms with Crippen molar-refractivity contribution >= 4 is 0 Å². The fraction of sp³-hybridized carbons (Fsp3) is 0.500. The highest BCUT2D eigenvalue weighted by Crippen LogP contribution is 2.53. The molecule has 90 valence electrons. The minimum atomic E-state index is 0.395. The van der Waals surface area contributed by atoms with Crippen molar-refractivity contribution in [3.8, 4) is 0 Å². The summed E-state index contributed by atoms with van der Waals surface area (Å²) >= 11 is 0. The molecular weight excluding hydrogens is 206 g/mol. The molecule has 0 aliphatic heterocycles. The minimum absolute atomic E-state index is 0.395. The number of benzene rings is 1. The summed E-state index contributed by atoms with van der Waals surface area (Å²) < 4.78 is 0. The van der Waals surface area contributed by atoms with Crippen LogP contribution in [0.25, 0.3) is 0 Å². The van der Waals surface area contributed by atoms with E-state index in [0.29, 0.717) is 11.5 Å². The molecular formula is C16H21N. The molecule has 0 radical (unpaired) electrons. The van der Waals surface area contributed by atoms with Gasteiger partial charge in [0.2, 0.25) is 0 Å². The maximum Gasteiger partial charge on any atom is 0.0374 e. The van der Waals surface area contributed by atoms with E-state index in [4.69, 9.17) is 0 Å². The first-order valence-corrected chi connectivity index (χ1v) is 6.78. The Hall–Kier alpha value is -1.08. The fourth-order valence-electron chi connectivity index (χ4n) is 3.42. The van der Waals surface area contributed by atoms with Crippen molar-refractivity contribution in [3.05, 3.63) is 47.5 Å². The van der Waals surface area contributed by atoms with E-state index in [2.05, 4.69) is 48.8 Å². The Labute approximate surface area is 104 Å². The molecule has 1 aromatic carbocycles. The van der Waals surface area contributed by atoms with E-state index >= 15 is 0 Å². The van der Waals surface area contributed by atoms with Crippen LogP contribution in [0.3, 0.4) is 0 Å². The van der Waals surface area contributed by atoms with Crippen molar-refractivity contribution in [1.82, 2.24) is 5.32 Å². The molecule has 1 saturated carbocycles. The zero-order valence-corrected chi connectivity index (χ0v) is 10.6. The van der Waals surface area contributed by atoms with Crippen molar-refractivity contribution in [3.63, 3.8) is 0 Å². The zero-order valence-electron chi connectivity index (χ0n) is 10.6. The minimum Gasteiger partial charge on any atom is -0.313 e. The van der Waals surface area contributed by atoms with E-state index < -0.39 is 0 Å². The van der Waals surface area contributed by atoms with Gasteiger partial charge in [0.15, 0.2) is 0 Å². The quantitative estimate of drug-likeness (QED) is 0.777. The third kappa shape index (κ3) is 1.83. The normalized spacial score (nSPS) is 23.2. The smallest absolute Gasteiger partial charge is 0.0374 e. The van der Waals surface area contributed by atoms with Gasteiger partial charge in [-0.2, -0.15) is 0 Å². The SMILES string of the molecule is CNC(C1=CCCC1)C1(c2ccccc2)CC1. The highest BCUT2D eigenvalue weighted by atomic mass is 14.9. The lowest BCUT2D eigenvalue weighted by Crippen LogP contribution is -2.39. The van der Waals surface area contributed by atoms with Gasteiger partial charge in [-0.05, 0) is 44.7 Å². The summed E-state index contributed by atoms with van der Waals surface area (Å²) in [5.74, 6) is 0. The molecule has 17 heavy (non-hydrogen) atoms. The van der Waals surface area contributed by atoms with Gasteiger partial charge in [-0.1, -0.05) is 42.0 Å². The molecule has 1 heteroatoms. The number of hydrogen-bond acceptors (Lipinski definition) is 1. The van der Waals surface area contributed by atoms with Gasteiger partial charge >= 0.3 is 0 Å². The van der Waals surface area contributed by atoms with Crippen molar-refractivity contribution < 1.29 is 0 Å². The highest BCUT2D eigenvalue weighted by Gasteiger charge is 2.51. The van der Waals surface area contributed by atoms with Gasteiger partial charge in [0.25, 0.3) is 0 Å². The molecule has 0 saturated heterocycles. The first kappa shape index (κ1) is 11.0. The molecule has 0 spiro atoms. The molecule has 0 aromatic heterocycles. The lowest BCUT2D eigenvalue weighted by atomic mass is 9.83. The largest absolute Gasteiger partial charge is 0.313 e. The molecule has 1 fully saturated rings. The summed E-state index contributed by atoms with van der Waals surface area (Å²) in [6, 6.07) is 11.6. The van der Waals surface area contributed by atoms with Crippen molar-refractivity contribution in [2.24, 2.45) is 0 Å². The topological polar surface area (TPSA) is 12.0 Å². The zero-order chi connectivity index (χ0) is 11.7. The third-order valence-corrected chi connectivity index (χ3v) is 4.43. The van der Waals surface area contributed by atoms with Crippen LogP contribution in [0.5, 0.6) is 0 Å². The second-order valence-corrected chi connectivity index (χ2v) is 5.42. The first-order valence-electron chi connectivity index (χ1n) is 6.78. The molecule has 1 unspecified atom stereocenters. The Bertz CT molecular complexity index is 414. The summed E-state index contributed by atoms with van der Waals surface area (Å²) in [5, 5.41) is 3.58. The first-order chi connectivity index (χ1) is 8.37. The van der Waals surface area contributed by atoms with Crippen molar-refractivity contribution in [1.29, 1.82) is 0 Å². The van der Waals surface area contributed by atoms with Crippen molar-refractivity contribution in [2.75, 3.05) is 7.05 Å². The van der Waals surface area contributed by atoms with E-state index in [1.807, 2.05) is 0 Å². The number of likely N-dealkylation sites (N-methyl/N-ethyl adjacent to an activating group) is 1. The van der Waals surface area contributed by atoms with E-state index in [0.717, 1.165) is 0 Å². The van der Waals surface area contributed by atoms with E-state index in [1.165, 1.54) is 37.7 Å². The molecule has 1 aromatic rings. The van der Waals surface area contributed by atoms with Crippen LogP contribution >= 0.6 is 0 Å². The molecule has 1 atom stereocenters. The summed E-state index contributed by atoms with van der Waals surface area (Å²) in [6.45, 7) is 0. The summed E-state index contributed by atoms with van der Waals surface area (Å²) in [6.07, 6.45) is 9.04. The Balaban J connectivity index is 1.91. The van der Waals surface area contributed by atoms with Gasteiger partial charge in [-0.15, -0.1) is 0 Å². The summed E-state index contributed by atoms with van der Waals surface area (Å²) in [4.78, 5) is 0. The highest BCUT2D eigenvalue weighted by molar-refractivity contribution is 5.39. The Morgan fingerprint density at radius 2 is 1.94 bits per heavy atom. The predicted molar refractivity (Wildman–Crippen MR) is 72.1 cm³/mol. The van der Waals surface area contributed by atoms with Crippen LogP contribution in [-0.4, -0.2) is 13.1 Å². The lowest BCUT2D eigenvalue weighted by molar-refractivity contribution is 0.491. The molecule has 0 bridgehead atoms. The molecule has 0 heterocycles. The van der Waals surface area contributed by atoms with Gasteiger partial charge in [0.05, 0.1) is 0 Å². The molecule has 2 aliphatic rings. The second kappa shape index (κ2) is 4.30. The number of allylic oxidation sites excluding steroid dienone is 1. The van der Waals surface area contributed by atoms with Gasteiger partial charge < -0.3 is 5.32 Å². The van der Waals surface area contributed by atoms with Gasteiger partial charge in [0.1, 0.15) is 0 Å². The monoisotopic (exact) mass is 227 g/mol. The van der Waals surface area contributed by atoms with E-state index in [9.17, 15) is 0 Å². The average Bonchev–Trinajstić information content (AvgIpc) is 3.00. The van der Waals surface area contributed by atoms with Gasteiger partial charge in [-0.25, -0.2) is 0 Å². The lowest BCUT2D eigenvalue weighted by Gasteiger charge is -2.28. The molecule has 3 rings (SSSR count). The third-order valence-electron chi connectivity index (χ3n) is 4.43. The Morgan fingerprint density at radius 1 is 1.18 bits per heavy atom. The maximum absolute atomic E-state index is 3.58. The number of nitrogens with one attached hydrogen (secondary N) is 1. The van der Waals surface area contributed by atoms with E-state index in [1.54, 1.807) is 5.57 Å². The Morgan fingerprint density at radius 3 is 2.47 bits per heavy atom. The van der Waals surface area contributed by atoms with Crippen LogP contribution in [0.4, 0.5) is 0 Å². The van der Waals surface area contributed by atoms with Gasteiger partial charge in [-0.3, -0.25) is 0 Å². The number of hydrogen-bond donors (Lipinski definition) is 1. The van der Waals surface area contributed by atoms with Crippen LogP contribution in [0.1, 0.15) is 37.7 Å². The van der Waals surface area contributed by atoms with Crippen LogP contribution in [0.2, 0.25) is 0 Å². The summed E-state index contributed by atoms with van der Waals surface area (Å²) in [7, 11) is 2.12. The van der Waals surface area contributed by atoms with Crippen LogP contribution in [0.15, 0.2) is 42.0 Å². The van der Waals surface area contributed by atoms with Crippen LogP contribution in [0, 0.1) is 0 Å². The fourth-order valence-corrected chi connectivity index (χ4v) is 3.42. The number of rotatable bonds is 4. The molecule has 0 amide bonds. The predicted octanol–water partition coefficient (Wildman–Crippen LogP) is 3.42. The van der Waals surface area contributed by atoms with Crippen LogP contribution < -0.4 is 5.32 Å².